The van der Waals surface area contributed by atoms with Crippen molar-refractivity contribution < 1.29 is 19.1 Å². The van der Waals surface area contributed by atoms with Gasteiger partial charge in [0.1, 0.15) is 6.61 Å². The lowest BCUT2D eigenvalue weighted by atomic mass is 10.0. The molecule has 1 amide bonds. The van der Waals surface area contributed by atoms with E-state index in [2.05, 4.69) is 26.0 Å². The number of nitrogens with zero attached hydrogens (tertiary/aromatic N) is 1. The molecule has 5 heteroatoms. The average Bonchev–Trinajstić information content (AvgIpc) is 3.59. The van der Waals surface area contributed by atoms with E-state index in [1.54, 1.807) is 0 Å². The molecule has 1 saturated heterocycles. The first-order chi connectivity index (χ1) is 26.1. The van der Waals surface area contributed by atoms with Gasteiger partial charge in [0.15, 0.2) is 0 Å². The molecule has 5 nitrogen and oxygen atoms in total. The maximum Gasteiger partial charge on any atom is 0.305 e. The standard InChI is InChI=1S/C48H85NO4/c1-3-5-7-9-11-13-15-17-19-21-23-25-27-29-34-38-47(50)49-41-46(52-42-44-36-32-31-33-37-44)40-45(49)43-53-48(51)39-35-30-28-26-24-22-20-18-16-14-12-10-8-6-4-2/h31-33,36-37,45-46H,3-30,34-35,38-43H2,1-2H3/t45-,46+/m0/s1. The van der Waals surface area contributed by atoms with Crippen LogP contribution in [-0.4, -0.2) is 42.1 Å². The molecule has 0 N–H and O–H groups in total. The summed E-state index contributed by atoms with van der Waals surface area (Å²) in [5.74, 6) is 0.0668. The van der Waals surface area contributed by atoms with Crippen LogP contribution < -0.4 is 0 Å². The number of hydrogen-bond donors (Lipinski definition) is 0. The third-order valence-electron chi connectivity index (χ3n) is 11.4. The van der Waals surface area contributed by atoms with Crippen molar-refractivity contribution in [2.45, 2.75) is 244 Å². The zero-order valence-corrected chi connectivity index (χ0v) is 35.1. The summed E-state index contributed by atoms with van der Waals surface area (Å²) >= 11 is 0. The van der Waals surface area contributed by atoms with Gasteiger partial charge < -0.3 is 14.4 Å². The first kappa shape index (κ1) is 47.3. The van der Waals surface area contributed by atoms with Gasteiger partial charge in [0.2, 0.25) is 5.91 Å². The Morgan fingerprint density at radius 3 is 1.38 bits per heavy atom. The van der Waals surface area contributed by atoms with Crippen LogP contribution in [0.3, 0.4) is 0 Å². The van der Waals surface area contributed by atoms with Crippen molar-refractivity contribution >= 4 is 11.9 Å². The Kier molecular flexibility index (Phi) is 30.9. The molecule has 1 aromatic rings. The summed E-state index contributed by atoms with van der Waals surface area (Å²) in [6.07, 6.45) is 41.3. The Balaban J connectivity index is 1.56. The van der Waals surface area contributed by atoms with E-state index in [1.807, 2.05) is 23.1 Å². The molecular weight excluding hydrogens is 655 g/mol. The van der Waals surface area contributed by atoms with Crippen LogP contribution in [0.5, 0.6) is 0 Å². The van der Waals surface area contributed by atoms with Crippen molar-refractivity contribution in [1.29, 1.82) is 0 Å². The quantitative estimate of drug-likeness (QED) is 0.0504. The topological polar surface area (TPSA) is 55.8 Å². The number of carbonyl (C=O) groups is 2. The number of amides is 1. The summed E-state index contributed by atoms with van der Waals surface area (Å²) in [7, 11) is 0. The van der Waals surface area contributed by atoms with Gasteiger partial charge in [-0.3, -0.25) is 9.59 Å². The van der Waals surface area contributed by atoms with Crippen molar-refractivity contribution in [3.8, 4) is 0 Å². The van der Waals surface area contributed by atoms with Crippen LogP contribution in [0.15, 0.2) is 30.3 Å². The van der Waals surface area contributed by atoms with Gasteiger partial charge in [-0.1, -0.05) is 224 Å². The van der Waals surface area contributed by atoms with Gasteiger partial charge in [-0.2, -0.15) is 0 Å². The van der Waals surface area contributed by atoms with E-state index in [9.17, 15) is 9.59 Å². The van der Waals surface area contributed by atoms with Crippen molar-refractivity contribution in [2.24, 2.45) is 0 Å². The minimum Gasteiger partial charge on any atom is -0.463 e. The largest absolute Gasteiger partial charge is 0.463 e. The Morgan fingerprint density at radius 1 is 0.547 bits per heavy atom. The van der Waals surface area contributed by atoms with E-state index >= 15 is 0 Å². The zero-order valence-electron chi connectivity index (χ0n) is 35.1. The van der Waals surface area contributed by atoms with Crippen molar-refractivity contribution in [2.75, 3.05) is 13.2 Å². The number of esters is 1. The molecule has 1 aromatic carbocycles. The van der Waals surface area contributed by atoms with Crippen molar-refractivity contribution in [3.05, 3.63) is 35.9 Å². The molecule has 0 unspecified atom stereocenters. The smallest absolute Gasteiger partial charge is 0.305 e. The van der Waals surface area contributed by atoms with Crippen LogP contribution in [0.4, 0.5) is 0 Å². The molecule has 0 radical (unpaired) electrons. The summed E-state index contributed by atoms with van der Waals surface area (Å²) in [6.45, 7) is 5.98. The van der Waals surface area contributed by atoms with Gasteiger partial charge in [-0.25, -0.2) is 0 Å². The number of likely N-dealkylation sites (tertiary alicyclic amines) is 1. The molecule has 0 bridgehead atoms. The van der Waals surface area contributed by atoms with Crippen LogP contribution in [0.2, 0.25) is 0 Å². The maximum absolute atomic E-state index is 13.4. The van der Waals surface area contributed by atoms with Gasteiger partial charge >= 0.3 is 5.97 Å². The third-order valence-corrected chi connectivity index (χ3v) is 11.4. The fourth-order valence-electron chi connectivity index (χ4n) is 7.94. The van der Waals surface area contributed by atoms with Crippen LogP contribution in [0, 0.1) is 0 Å². The Labute approximate surface area is 328 Å². The van der Waals surface area contributed by atoms with Crippen LogP contribution in [0.1, 0.15) is 231 Å². The van der Waals surface area contributed by atoms with Gasteiger partial charge in [0, 0.05) is 19.4 Å². The molecule has 0 spiro atoms. The lowest BCUT2D eigenvalue weighted by molar-refractivity contribution is -0.147. The number of unbranched alkanes of at least 4 members (excludes halogenated alkanes) is 28. The van der Waals surface area contributed by atoms with Crippen LogP contribution in [-0.2, 0) is 25.7 Å². The monoisotopic (exact) mass is 740 g/mol. The van der Waals surface area contributed by atoms with Gasteiger partial charge in [-0.05, 0) is 24.8 Å². The Morgan fingerprint density at radius 2 is 0.943 bits per heavy atom. The normalized spacial score (nSPS) is 15.7. The van der Waals surface area contributed by atoms with E-state index in [-0.39, 0.29) is 30.6 Å². The van der Waals surface area contributed by atoms with E-state index in [4.69, 9.17) is 9.47 Å². The summed E-state index contributed by atoms with van der Waals surface area (Å²) in [4.78, 5) is 28.0. The molecule has 1 heterocycles. The predicted molar refractivity (Wildman–Crippen MR) is 225 cm³/mol. The highest BCUT2D eigenvalue weighted by Crippen LogP contribution is 2.24. The fourth-order valence-corrected chi connectivity index (χ4v) is 7.94. The molecule has 2 rings (SSSR count). The van der Waals surface area contributed by atoms with E-state index in [0.29, 0.717) is 26.0 Å². The van der Waals surface area contributed by atoms with Crippen molar-refractivity contribution in [3.63, 3.8) is 0 Å². The lowest BCUT2D eigenvalue weighted by Gasteiger charge is -2.24. The number of hydrogen-bond acceptors (Lipinski definition) is 4. The first-order valence-electron chi connectivity index (χ1n) is 23.2. The second-order valence-electron chi connectivity index (χ2n) is 16.4. The second kappa shape index (κ2) is 34.6. The highest BCUT2D eigenvalue weighted by atomic mass is 16.5. The second-order valence-corrected chi connectivity index (χ2v) is 16.4. The summed E-state index contributed by atoms with van der Waals surface area (Å²) < 4.78 is 12.0. The number of rotatable bonds is 37. The molecule has 0 saturated carbocycles. The third kappa shape index (κ3) is 26.5. The summed E-state index contributed by atoms with van der Waals surface area (Å²) in [5, 5.41) is 0. The van der Waals surface area contributed by atoms with Crippen molar-refractivity contribution in [1.82, 2.24) is 4.90 Å². The molecule has 0 aromatic heterocycles. The molecule has 53 heavy (non-hydrogen) atoms. The van der Waals surface area contributed by atoms with E-state index in [0.717, 1.165) is 37.7 Å². The van der Waals surface area contributed by atoms with Gasteiger partial charge in [0.25, 0.3) is 0 Å². The predicted octanol–water partition coefficient (Wildman–Crippen LogP) is 14.2. The maximum atomic E-state index is 13.4. The van der Waals surface area contributed by atoms with Gasteiger partial charge in [0.05, 0.1) is 18.8 Å². The zero-order chi connectivity index (χ0) is 37.9. The average molecular weight is 740 g/mol. The minimum absolute atomic E-state index is 0.0283. The molecule has 1 fully saturated rings. The highest BCUT2D eigenvalue weighted by molar-refractivity contribution is 5.77. The highest BCUT2D eigenvalue weighted by Gasteiger charge is 2.36. The molecule has 1 aliphatic rings. The molecule has 1 aliphatic heterocycles. The first-order valence-corrected chi connectivity index (χ1v) is 23.2. The Hall–Kier alpha value is -1.88. The lowest BCUT2D eigenvalue weighted by Crippen LogP contribution is -2.39. The minimum atomic E-state index is -0.122. The number of carbonyl (C=O) groups excluding carboxylic acids is 2. The van der Waals surface area contributed by atoms with Gasteiger partial charge in [-0.15, -0.1) is 0 Å². The summed E-state index contributed by atoms with van der Waals surface area (Å²) in [5.41, 5.74) is 1.14. The molecule has 306 valence electrons. The Bertz CT molecular complexity index is 968. The summed E-state index contributed by atoms with van der Waals surface area (Å²) in [6, 6.07) is 10.1. The van der Waals surface area contributed by atoms with Crippen LogP contribution in [0.25, 0.3) is 0 Å². The fraction of sp³-hybridized carbons (Fsp3) is 0.833. The number of ether oxygens (including phenoxy) is 2. The van der Waals surface area contributed by atoms with E-state index in [1.165, 1.54) is 167 Å². The molecule has 2 atom stereocenters. The van der Waals surface area contributed by atoms with E-state index < -0.39 is 0 Å². The SMILES string of the molecule is CCCCCCCCCCCCCCCCCC(=O)OC[C@@H]1C[C@@H](OCc2ccccc2)CN1C(=O)CCCCCCCCCCCCCCCCC. The van der Waals surface area contributed by atoms with Crippen LogP contribution >= 0.6 is 0 Å². The molecule has 0 aliphatic carbocycles. The molecular formula is C48H85NO4. The number of benzene rings is 1.